The van der Waals surface area contributed by atoms with Crippen molar-refractivity contribution >= 4 is 45.1 Å². The summed E-state index contributed by atoms with van der Waals surface area (Å²) in [6.07, 6.45) is 1.41. The lowest BCUT2D eigenvalue weighted by molar-refractivity contribution is -0.385. The molecule has 0 amide bonds. The molecule has 7 heteroatoms. The maximum Gasteiger partial charge on any atom is 0.274 e. The maximum atomic E-state index is 10.9. The van der Waals surface area contributed by atoms with Gasteiger partial charge in [-0.25, -0.2) is 0 Å². The number of nitro benzene ring substituents is 1. The van der Waals surface area contributed by atoms with Crippen LogP contribution in [-0.2, 0) is 0 Å². The van der Waals surface area contributed by atoms with Gasteiger partial charge in [-0.15, -0.1) is 0 Å². The first-order valence-corrected chi connectivity index (χ1v) is 7.03. The van der Waals surface area contributed by atoms with Crippen LogP contribution >= 0.6 is 27.5 Å². The second kappa shape index (κ2) is 6.24. The van der Waals surface area contributed by atoms with Crippen LogP contribution in [-0.4, -0.2) is 16.2 Å². The molecular weight excluding hydrogens is 360 g/mol. The fourth-order valence-corrected chi connectivity index (χ4v) is 2.61. The molecule has 108 valence electrons. The van der Waals surface area contributed by atoms with Crippen LogP contribution in [0.4, 0.5) is 11.4 Å². The smallest absolute Gasteiger partial charge is 0.274 e. The quantitative estimate of drug-likeness (QED) is 0.481. The van der Waals surface area contributed by atoms with E-state index < -0.39 is 4.92 Å². The van der Waals surface area contributed by atoms with E-state index in [4.69, 9.17) is 11.6 Å². The van der Waals surface area contributed by atoms with Gasteiger partial charge < -0.3 is 5.11 Å². The molecule has 2 aromatic rings. The third kappa shape index (κ3) is 3.40. The van der Waals surface area contributed by atoms with Gasteiger partial charge in [0.15, 0.2) is 0 Å². The summed E-state index contributed by atoms with van der Waals surface area (Å²) in [5.41, 5.74) is 1.33. The number of phenolic OH excluding ortho intramolecular Hbond substituents is 1. The van der Waals surface area contributed by atoms with Gasteiger partial charge in [-0.2, -0.15) is 0 Å². The Bertz CT molecular complexity index is 747. The van der Waals surface area contributed by atoms with Crippen molar-refractivity contribution in [2.75, 3.05) is 0 Å². The molecular formula is C14H10BrClN2O3. The number of aromatic hydroxyl groups is 1. The molecule has 0 atom stereocenters. The number of benzene rings is 2. The summed E-state index contributed by atoms with van der Waals surface area (Å²) >= 11 is 9.09. The van der Waals surface area contributed by atoms with Crippen molar-refractivity contribution in [3.8, 4) is 5.75 Å². The molecule has 2 rings (SSSR count). The molecule has 1 N–H and O–H groups in total. The van der Waals surface area contributed by atoms with Crippen molar-refractivity contribution in [3.63, 3.8) is 0 Å². The zero-order valence-corrected chi connectivity index (χ0v) is 13.2. The highest BCUT2D eigenvalue weighted by Crippen LogP contribution is 2.32. The Kier molecular flexibility index (Phi) is 4.59. The normalized spacial score (nSPS) is 11.0. The number of rotatable bonds is 3. The van der Waals surface area contributed by atoms with Crippen LogP contribution in [0, 0.1) is 17.0 Å². The number of aliphatic imine (C=N–C) groups is 1. The predicted molar refractivity (Wildman–Crippen MR) is 85.9 cm³/mol. The summed E-state index contributed by atoms with van der Waals surface area (Å²) in [5, 5.41) is 21.2. The number of nitrogens with zero attached hydrogens (tertiary/aromatic N) is 2. The molecule has 2 aromatic carbocycles. The summed E-state index contributed by atoms with van der Waals surface area (Å²) in [5.74, 6) is 0.00577. The fourth-order valence-electron chi connectivity index (χ4n) is 1.77. The van der Waals surface area contributed by atoms with Crippen LogP contribution in [0.3, 0.4) is 0 Å². The van der Waals surface area contributed by atoms with E-state index >= 15 is 0 Å². The molecule has 0 heterocycles. The highest BCUT2D eigenvalue weighted by Gasteiger charge is 2.12. The summed E-state index contributed by atoms with van der Waals surface area (Å²) in [6, 6.07) is 7.76. The SMILES string of the molecule is Cc1c(N=Cc2cc(Cl)cc(Br)c2O)cccc1[N+](=O)[O-]. The van der Waals surface area contributed by atoms with E-state index in [-0.39, 0.29) is 11.4 Å². The molecule has 0 saturated carbocycles. The Hall–Kier alpha value is -1.92. The molecule has 0 aliphatic carbocycles. The molecule has 0 unspecified atom stereocenters. The van der Waals surface area contributed by atoms with E-state index in [2.05, 4.69) is 20.9 Å². The molecule has 0 aliphatic heterocycles. The van der Waals surface area contributed by atoms with Crippen molar-refractivity contribution in [1.29, 1.82) is 0 Å². The number of hydrogen-bond acceptors (Lipinski definition) is 4. The number of hydrogen-bond donors (Lipinski definition) is 1. The standard InChI is InChI=1S/C14H10BrClN2O3/c1-8-12(3-2-4-13(8)18(20)21)17-7-9-5-10(16)6-11(15)14(9)19/h2-7,19H,1H3. The first-order chi connectivity index (χ1) is 9.90. The summed E-state index contributed by atoms with van der Waals surface area (Å²) in [7, 11) is 0. The largest absolute Gasteiger partial charge is 0.506 e. The van der Waals surface area contributed by atoms with Gasteiger partial charge in [0.25, 0.3) is 5.69 Å². The zero-order chi connectivity index (χ0) is 15.6. The molecule has 0 bridgehead atoms. The summed E-state index contributed by atoms with van der Waals surface area (Å²) < 4.78 is 0.451. The lowest BCUT2D eigenvalue weighted by Gasteiger charge is -2.04. The number of halogens is 2. The first kappa shape index (κ1) is 15.5. The van der Waals surface area contributed by atoms with Crippen LogP contribution in [0.25, 0.3) is 0 Å². The minimum atomic E-state index is -0.457. The van der Waals surface area contributed by atoms with Gasteiger partial charge >= 0.3 is 0 Å². The second-order valence-corrected chi connectivity index (χ2v) is 5.55. The van der Waals surface area contributed by atoms with Gasteiger partial charge in [-0.3, -0.25) is 15.1 Å². The molecule has 0 radical (unpaired) electrons. The van der Waals surface area contributed by atoms with Crippen molar-refractivity contribution in [3.05, 3.63) is 61.1 Å². The zero-order valence-electron chi connectivity index (χ0n) is 10.9. The number of phenols is 1. The Balaban J connectivity index is 2.43. The molecule has 0 fully saturated rings. The topological polar surface area (TPSA) is 75.7 Å². The average Bonchev–Trinajstić information content (AvgIpc) is 2.42. The van der Waals surface area contributed by atoms with E-state index in [9.17, 15) is 15.2 Å². The van der Waals surface area contributed by atoms with E-state index in [0.717, 1.165) is 0 Å². The Morgan fingerprint density at radius 2 is 2.14 bits per heavy atom. The third-order valence-corrected chi connectivity index (χ3v) is 3.70. The maximum absolute atomic E-state index is 10.9. The lowest BCUT2D eigenvalue weighted by Crippen LogP contribution is -1.91. The van der Waals surface area contributed by atoms with Gasteiger partial charge in [0.2, 0.25) is 0 Å². The summed E-state index contributed by atoms with van der Waals surface area (Å²) in [4.78, 5) is 14.6. The molecule has 0 aromatic heterocycles. The second-order valence-electron chi connectivity index (χ2n) is 4.26. The van der Waals surface area contributed by atoms with Gasteiger partial charge in [0.1, 0.15) is 5.75 Å². The number of nitro groups is 1. The van der Waals surface area contributed by atoms with Crippen molar-refractivity contribution < 1.29 is 10.0 Å². The Morgan fingerprint density at radius 1 is 1.43 bits per heavy atom. The van der Waals surface area contributed by atoms with Crippen molar-refractivity contribution in [1.82, 2.24) is 0 Å². The van der Waals surface area contributed by atoms with Crippen LogP contribution in [0.2, 0.25) is 5.02 Å². The lowest BCUT2D eigenvalue weighted by atomic mass is 10.1. The molecule has 21 heavy (non-hydrogen) atoms. The molecule has 0 aliphatic rings. The van der Waals surface area contributed by atoms with E-state index in [1.807, 2.05) is 0 Å². The molecule has 0 saturated heterocycles. The first-order valence-electron chi connectivity index (χ1n) is 5.86. The van der Waals surface area contributed by atoms with Crippen LogP contribution in [0.1, 0.15) is 11.1 Å². The van der Waals surface area contributed by atoms with E-state index in [1.54, 1.807) is 31.2 Å². The minimum absolute atomic E-state index is 0.00106. The Labute approximate surface area is 134 Å². The van der Waals surface area contributed by atoms with E-state index in [0.29, 0.717) is 26.3 Å². The van der Waals surface area contributed by atoms with Crippen LogP contribution in [0.5, 0.6) is 5.75 Å². The fraction of sp³-hybridized carbons (Fsp3) is 0.0714. The third-order valence-electron chi connectivity index (χ3n) is 2.87. The van der Waals surface area contributed by atoms with Crippen molar-refractivity contribution in [2.45, 2.75) is 6.92 Å². The van der Waals surface area contributed by atoms with Crippen molar-refractivity contribution in [2.24, 2.45) is 4.99 Å². The van der Waals surface area contributed by atoms with Gasteiger partial charge in [0, 0.05) is 22.9 Å². The molecule has 0 spiro atoms. The highest BCUT2D eigenvalue weighted by atomic mass is 79.9. The van der Waals surface area contributed by atoms with Crippen LogP contribution in [0.15, 0.2) is 39.8 Å². The van der Waals surface area contributed by atoms with Gasteiger partial charge in [-0.1, -0.05) is 17.7 Å². The molecule has 5 nitrogen and oxygen atoms in total. The highest BCUT2D eigenvalue weighted by molar-refractivity contribution is 9.10. The van der Waals surface area contributed by atoms with Gasteiger partial charge in [0.05, 0.1) is 20.6 Å². The Morgan fingerprint density at radius 3 is 2.81 bits per heavy atom. The minimum Gasteiger partial charge on any atom is -0.506 e. The predicted octanol–water partition coefficient (Wildman–Crippen LogP) is 4.78. The van der Waals surface area contributed by atoms with E-state index in [1.165, 1.54) is 12.3 Å². The van der Waals surface area contributed by atoms with Crippen LogP contribution < -0.4 is 0 Å². The summed E-state index contributed by atoms with van der Waals surface area (Å²) in [6.45, 7) is 1.62. The monoisotopic (exact) mass is 368 g/mol. The average molecular weight is 370 g/mol. The van der Waals surface area contributed by atoms with Gasteiger partial charge in [-0.05, 0) is 41.1 Å².